The van der Waals surface area contributed by atoms with Crippen LogP contribution in [0.15, 0.2) is 52.5 Å². The molecule has 0 aliphatic rings. The third-order valence-electron chi connectivity index (χ3n) is 3.68. The zero-order valence-corrected chi connectivity index (χ0v) is 16.1. The Kier molecular flexibility index (Phi) is 6.17. The number of aromatic amines is 1. The molecule has 0 aliphatic heterocycles. The minimum Gasteiger partial charge on any atom is -0.493 e. The SMILES string of the molecule is COc1cc(/C=N/n2c(=O)cn[nH]c2=S)ccc1OCc1c(F)cccc1Cl. The van der Waals surface area contributed by atoms with Crippen molar-refractivity contribution in [2.75, 3.05) is 7.11 Å². The van der Waals surface area contributed by atoms with Gasteiger partial charge in [0.2, 0.25) is 4.77 Å². The van der Waals surface area contributed by atoms with E-state index in [0.717, 1.165) is 10.9 Å². The van der Waals surface area contributed by atoms with E-state index in [9.17, 15) is 9.18 Å². The largest absolute Gasteiger partial charge is 0.493 e. The topological polar surface area (TPSA) is 81.5 Å². The summed E-state index contributed by atoms with van der Waals surface area (Å²) in [7, 11) is 1.48. The highest BCUT2D eigenvalue weighted by Gasteiger charge is 2.10. The van der Waals surface area contributed by atoms with E-state index in [0.29, 0.717) is 17.1 Å². The average Bonchev–Trinajstić information content (AvgIpc) is 2.67. The lowest BCUT2D eigenvalue weighted by Crippen LogP contribution is -2.18. The monoisotopic (exact) mass is 420 g/mol. The summed E-state index contributed by atoms with van der Waals surface area (Å²) in [6, 6.07) is 9.42. The lowest BCUT2D eigenvalue weighted by Gasteiger charge is -2.12. The number of rotatable bonds is 6. The Balaban J connectivity index is 1.82. The van der Waals surface area contributed by atoms with Gasteiger partial charge in [-0.1, -0.05) is 17.7 Å². The van der Waals surface area contributed by atoms with Crippen LogP contribution in [0.1, 0.15) is 11.1 Å². The van der Waals surface area contributed by atoms with Crippen molar-refractivity contribution in [3.63, 3.8) is 0 Å². The Morgan fingerprint density at radius 2 is 2.18 bits per heavy atom. The van der Waals surface area contributed by atoms with Crippen molar-refractivity contribution in [1.29, 1.82) is 0 Å². The minimum absolute atomic E-state index is 0.0587. The van der Waals surface area contributed by atoms with Crippen LogP contribution in [0.25, 0.3) is 0 Å². The molecule has 28 heavy (non-hydrogen) atoms. The van der Waals surface area contributed by atoms with E-state index < -0.39 is 11.4 Å². The number of H-pyrrole nitrogens is 1. The van der Waals surface area contributed by atoms with Gasteiger partial charge in [-0.2, -0.15) is 14.9 Å². The molecule has 144 valence electrons. The van der Waals surface area contributed by atoms with Crippen molar-refractivity contribution in [2.45, 2.75) is 6.61 Å². The second-order valence-corrected chi connectivity index (χ2v) is 6.26. The Labute approximate surface area is 169 Å². The number of ether oxygens (including phenoxy) is 2. The maximum atomic E-state index is 13.9. The van der Waals surface area contributed by atoms with Crippen LogP contribution >= 0.6 is 23.8 Å². The number of aromatic nitrogens is 3. The summed E-state index contributed by atoms with van der Waals surface area (Å²) in [6.45, 7) is -0.0587. The highest BCUT2D eigenvalue weighted by atomic mass is 35.5. The van der Waals surface area contributed by atoms with Crippen molar-refractivity contribution in [3.8, 4) is 11.5 Å². The molecule has 0 saturated carbocycles. The van der Waals surface area contributed by atoms with E-state index in [1.807, 2.05) is 0 Å². The van der Waals surface area contributed by atoms with Crippen molar-refractivity contribution in [3.05, 3.63) is 79.7 Å². The normalized spacial score (nSPS) is 11.0. The Morgan fingerprint density at radius 3 is 2.89 bits per heavy atom. The van der Waals surface area contributed by atoms with Crippen molar-refractivity contribution in [1.82, 2.24) is 14.9 Å². The van der Waals surface area contributed by atoms with Gasteiger partial charge in [-0.15, -0.1) is 0 Å². The van der Waals surface area contributed by atoms with Crippen LogP contribution in [0.2, 0.25) is 5.02 Å². The van der Waals surface area contributed by atoms with E-state index in [-0.39, 0.29) is 22.0 Å². The molecule has 0 atom stereocenters. The molecule has 0 bridgehead atoms. The van der Waals surface area contributed by atoms with Crippen LogP contribution in [-0.2, 0) is 6.61 Å². The predicted molar refractivity (Wildman–Crippen MR) is 105 cm³/mol. The lowest BCUT2D eigenvalue weighted by molar-refractivity contribution is 0.280. The molecule has 0 amide bonds. The molecule has 0 spiro atoms. The molecule has 2 aromatic carbocycles. The molecule has 10 heteroatoms. The van der Waals surface area contributed by atoms with E-state index in [1.165, 1.54) is 25.5 Å². The van der Waals surface area contributed by atoms with E-state index >= 15 is 0 Å². The summed E-state index contributed by atoms with van der Waals surface area (Å²) in [5.74, 6) is 0.357. The van der Waals surface area contributed by atoms with E-state index in [4.69, 9.17) is 33.3 Å². The fourth-order valence-corrected chi connectivity index (χ4v) is 2.69. The molecule has 0 fully saturated rings. The van der Waals surface area contributed by atoms with Gasteiger partial charge in [0.05, 0.1) is 18.3 Å². The number of benzene rings is 2. The van der Waals surface area contributed by atoms with Crippen LogP contribution in [0.5, 0.6) is 11.5 Å². The molecule has 1 heterocycles. The van der Waals surface area contributed by atoms with Gasteiger partial charge >= 0.3 is 0 Å². The molecule has 7 nitrogen and oxygen atoms in total. The minimum atomic E-state index is -0.464. The molecule has 1 aromatic heterocycles. The van der Waals surface area contributed by atoms with E-state index in [1.54, 1.807) is 24.3 Å². The summed E-state index contributed by atoms with van der Waals surface area (Å²) in [5, 5.41) is 10.4. The molecule has 3 rings (SSSR count). The number of nitrogens with one attached hydrogen (secondary N) is 1. The molecular formula is C18H14ClFN4O3S. The fraction of sp³-hybridized carbons (Fsp3) is 0.111. The van der Waals surface area contributed by atoms with Gasteiger partial charge in [0.25, 0.3) is 5.56 Å². The first-order valence-electron chi connectivity index (χ1n) is 7.94. The number of nitrogens with zero attached hydrogens (tertiary/aromatic N) is 3. The summed E-state index contributed by atoms with van der Waals surface area (Å²) in [6.07, 6.45) is 2.50. The predicted octanol–water partition coefficient (Wildman–Crippen LogP) is 3.56. The Hall–Kier alpha value is -3.04. The maximum absolute atomic E-state index is 13.9. The molecule has 1 N–H and O–H groups in total. The van der Waals surface area contributed by atoms with Gasteiger partial charge in [0.15, 0.2) is 11.5 Å². The fourth-order valence-electron chi connectivity index (χ4n) is 2.28. The Bertz CT molecular complexity index is 1100. The molecule has 0 radical (unpaired) electrons. The summed E-state index contributed by atoms with van der Waals surface area (Å²) >= 11 is 11.0. The van der Waals surface area contributed by atoms with Crippen LogP contribution in [-0.4, -0.2) is 28.2 Å². The van der Waals surface area contributed by atoms with Crippen molar-refractivity contribution >= 4 is 30.0 Å². The van der Waals surface area contributed by atoms with Gasteiger partial charge < -0.3 is 9.47 Å². The molecular weight excluding hydrogens is 407 g/mol. The molecule has 0 unspecified atom stereocenters. The molecule has 0 aliphatic carbocycles. The smallest absolute Gasteiger partial charge is 0.293 e. The summed E-state index contributed by atoms with van der Waals surface area (Å²) in [4.78, 5) is 11.7. The number of hydrogen-bond acceptors (Lipinski definition) is 6. The second-order valence-electron chi connectivity index (χ2n) is 5.47. The first-order chi connectivity index (χ1) is 13.5. The average molecular weight is 421 g/mol. The van der Waals surface area contributed by atoms with Gasteiger partial charge in [-0.25, -0.2) is 4.39 Å². The van der Waals surface area contributed by atoms with Gasteiger partial charge in [-0.3, -0.25) is 9.89 Å². The molecule has 3 aromatic rings. The van der Waals surface area contributed by atoms with Gasteiger partial charge in [-0.05, 0) is 48.1 Å². The van der Waals surface area contributed by atoms with Crippen LogP contribution < -0.4 is 15.0 Å². The van der Waals surface area contributed by atoms with Gasteiger partial charge in [0.1, 0.15) is 18.6 Å². The quantitative estimate of drug-likeness (QED) is 0.487. The summed E-state index contributed by atoms with van der Waals surface area (Å²) in [5.41, 5.74) is 0.420. The standard InChI is InChI=1S/C18H14ClFN4O3S/c1-26-16-7-11(8-22-24-17(25)9-21-23-18(24)28)5-6-15(16)27-10-12-13(19)3-2-4-14(12)20/h2-9H,10H2,1H3,(H,23,28)/b22-8+. The number of methoxy groups -OCH3 is 1. The van der Waals surface area contributed by atoms with Crippen LogP contribution in [0.3, 0.4) is 0 Å². The van der Waals surface area contributed by atoms with Gasteiger partial charge in [0, 0.05) is 5.56 Å². The molecule has 0 saturated heterocycles. The highest BCUT2D eigenvalue weighted by Crippen LogP contribution is 2.29. The highest BCUT2D eigenvalue weighted by molar-refractivity contribution is 7.71. The van der Waals surface area contributed by atoms with Crippen LogP contribution in [0.4, 0.5) is 4.39 Å². The lowest BCUT2D eigenvalue weighted by atomic mass is 10.2. The number of hydrogen-bond donors (Lipinski definition) is 1. The first kappa shape index (κ1) is 19.7. The third kappa shape index (κ3) is 4.44. The third-order valence-corrected chi connectivity index (χ3v) is 4.30. The zero-order chi connectivity index (χ0) is 20.1. The van der Waals surface area contributed by atoms with Crippen molar-refractivity contribution < 1.29 is 13.9 Å². The van der Waals surface area contributed by atoms with E-state index in [2.05, 4.69) is 15.3 Å². The van der Waals surface area contributed by atoms with Crippen molar-refractivity contribution in [2.24, 2.45) is 5.10 Å². The zero-order valence-electron chi connectivity index (χ0n) is 14.6. The Morgan fingerprint density at radius 1 is 1.36 bits per heavy atom. The first-order valence-corrected chi connectivity index (χ1v) is 8.73. The second kappa shape index (κ2) is 8.77. The van der Waals surface area contributed by atoms with Crippen LogP contribution in [0, 0.1) is 10.6 Å². The number of halogens is 2. The maximum Gasteiger partial charge on any atom is 0.293 e. The summed E-state index contributed by atoms with van der Waals surface area (Å²) < 4.78 is 25.9.